The Kier molecular flexibility index (Phi) is 4.50. The van der Waals surface area contributed by atoms with Gasteiger partial charge in [0.15, 0.2) is 0 Å². The van der Waals surface area contributed by atoms with Gasteiger partial charge in [0, 0.05) is 31.9 Å². The molecular weight excluding hydrogens is 272 g/mol. The molecule has 3 rings (SSSR count). The average Bonchev–Trinajstić information content (AvgIpc) is 3.02. The third kappa shape index (κ3) is 2.90. The first kappa shape index (κ1) is 15.5. The number of hydrogen-bond donors (Lipinski definition) is 0. The van der Waals surface area contributed by atoms with Gasteiger partial charge in [-0.1, -0.05) is 19.4 Å². The molecule has 1 aliphatic rings. The lowest BCUT2D eigenvalue weighted by Gasteiger charge is -2.24. The topological polar surface area (TPSA) is 23.8 Å². The van der Waals surface area contributed by atoms with Crippen molar-refractivity contribution in [1.82, 2.24) is 19.2 Å². The molecule has 0 aliphatic carbocycles. The Bertz CT molecular complexity index is 631. The van der Waals surface area contributed by atoms with Gasteiger partial charge in [-0.05, 0) is 45.5 Å². The molecule has 0 radical (unpaired) electrons. The van der Waals surface area contributed by atoms with Crippen molar-refractivity contribution in [3.05, 3.63) is 35.8 Å². The zero-order valence-electron chi connectivity index (χ0n) is 14.3. The van der Waals surface area contributed by atoms with Crippen LogP contribution >= 0.6 is 0 Å². The number of likely N-dealkylation sites (N-methyl/N-ethyl adjacent to an activating group) is 1. The number of fused-ring (bicyclic) bond motifs is 1. The molecule has 2 aromatic heterocycles. The fourth-order valence-corrected chi connectivity index (χ4v) is 3.88. The third-order valence-corrected chi connectivity index (χ3v) is 5.01. The van der Waals surface area contributed by atoms with Crippen LogP contribution in [0.4, 0.5) is 0 Å². The van der Waals surface area contributed by atoms with Crippen molar-refractivity contribution < 1.29 is 0 Å². The lowest BCUT2D eigenvalue weighted by atomic mass is 9.98. The summed E-state index contributed by atoms with van der Waals surface area (Å²) in [6, 6.07) is 6.91. The first-order chi connectivity index (χ1) is 10.6. The van der Waals surface area contributed by atoms with E-state index in [1.807, 2.05) is 0 Å². The van der Waals surface area contributed by atoms with E-state index in [-0.39, 0.29) is 0 Å². The summed E-state index contributed by atoms with van der Waals surface area (Å²) in [5.41, 5.74) is 3.56. The fraction of sp³-hybridized carbons (Fsp3) is 0.611. The van der Waals surface area contributed by atoms with E-state index in [0.29, 0.717) is 6.04 Å². The van der Waals surface area contributed by atoms with Gasteiger partial charge in [0.05, 0.1) is 11.4 Å². The largest absolute Gasteiger partial charge is 0.305 e. The number of aromatic nitrogens is 2. The standard InChI is InChI=1S/C18H28N4/c1-5-8-15-11-21(13-17(15)20(3)4)12-16-14(2)19-18-9-6-7-10-22(16)18/h6-7,9-10,15,17H,5,8,11-13H2,1-4H3/t15-,17-/m1/s1. The molecule has 22 heavy (non-hydrogen) atoms. The van der Waals surface area contributed by atoms with Gasteiger partial charge in [-0.3, -0.25) is 4.90 Å². The van der Waals surface area contributed by atoms with Gasteiger partial charge >= 0.3 is 0 Å². The summed E-state index contributed by atoms with van der Waals surface area (Å²) in [4.78, 5) is 9.70. The predicted molar refractivity (Wildman–Crippen MR) is 91.1 cm³/mol. The van der Waals surface area contributed by atoms with Crippen molar-refractivity contribution in [2.24, 2.45) is 5.92 Å². The van der Waals surface area contributed by atoms with Gasteiger partial charge in [-0.15, -0.1) is 0 Å². The van der Waals surface area contributed by atoms with Crippen LogP contribution in [-0.4, -0.2) is 52.4 Å². The minimum Gasteiger partial charge on any atom is -0.305 e. The lowest BCUT2D eigenvalue weighted by molar-refractivity contribution is 0.238. The molecule has 4 heteroatoms. The van der Waals surface area contributed by atoms with Crippen LogP contribution < -0.4 is 0 Å². The van der Waals surface area contributed by atoms with E-state index in [2.05, 4.69) is 66.5 Å². The van der Waals surface area contributed by atoms with Crippen molar-refractivity contribution >= 4 is 5.65 Å². The van der Waals surface area contributed by atoms with Crippen molar-refractivity contribution in [2.75, 3.05) is 27.2 Å². The number of aryl methyl sites for hydroxylation is 1. The van der Waals surface area contributed by atoms with Gasteiger partial charge < -0.3 is 9.30 Å². The predicted octanol–water partition coefficient (Wildman–Crippen LogP) is 2.80. The molecule has 3 heterocycles. The second-order valence-electron chi connectivity index (χ2n) is 6.85. The van der Waals surface area contributed by atoms with E-state index < -0.39 is 0 Å². The molecule has 120 valence electrons. The Hall–Kier alpha value is -1.39. The maximum absolute atomic E-state index is 4.69. The molecule has 1 fully saturated rings. The Balaban J connectivity index is 1.79. The second kappa shape index (κ2) is 6.39. The first-order valence-electron chi connectivity index (χ1n) is 8.41. The number of imidazole rings is 1. The van der Waals surface area contributed by atoms with Crippen molar-refractivity contribution in [3.63, 3.8) is 0 Å². The molecule has 4 nitrogen and oxygen atoms in total. The van der Waals surface area contributed by atoms with Crippen LogP contribution in [0.5, 0.6) is 0 Å². The Labute approximate surface area is 133 Å². The maximum atomic E-state index is 4.69. The van der Waals surface area contributed by atoms with Crippen LogP contribution in [0.2, 0.25) is 0 Å². The average molecular weight is 300 g/mol. The van der Waals surface area contributed by atoms with Gasteiger partial charge in [0.25, 0.3) is 0 Å². The third-order valence-electron chi connectivity index (χ3n) is 5.01. The zero-order valence-corrected chi connectivity index (χ0v) is 14.3. The van der Waals surface area contributed by atoms with Crippen LogP contribution in [0.15, 0.2) is 24.4 Å². The molecule has 0 amide bonds. The van der Waals surface area contributed by atoms with E-state index in [9.17, 15) is 0 Å². The summed E-state index contributed by atoms with van der Waals surface area (Å²) in [6.07, 6.45) is 4.73. The fourth-order valence-electron chi connectivity index (χ4n) is 3.88. The van der Waals surface area contributed by atoms with Gasteiger partial charge in [-0.2, -0.15) is 0 Å². The summed E-state index contributed by atoms with van der Waals surface area (Å²) < 4.78 is 2.24. The number of hydrogen-bond acceptors (Lipinski definition) is 3. The Morgan fingerprint density at radius 2 is 2.09 bits per heavy atom. The molecule has 0 unspecified atom stereocenters. The highest BCUT2D eigenvalue weighted by Crippen LogP contribution is 2.26. The van der Waals surface area contributed by atoms with E-state index in [1.54, 1.807) is 0 Å². The smallest absolute Gasteiger partial charge is 0.137 e. The van der Waals surface area contributed by atoms with Crippen molar-refractivity contribution in [1.29, 1.82) is 0 Å². The summed E-state index contributed by atoms with van der Waals surface area (Å²) >= 11 is 0. The van der Waals surface area contributed by atoms with Gasteiger partial charge in [0.1, 0.15) is 5.65 Å². The molecule has 0 N–H and O–H groups in total. The minimum atomic E-state index is 0.680. The van der Waals surface area contributed by atoms with E-state index in [0.717, 1.165) is 30.3 Å². The zero-order chi connectivity index (χ0) is 15.7. The van der Waals surface area contributed by atoms with E-state index in [4.69, 9.17) is 4.98 Å². The molecule has 2 aromatic rings. The maximum Gasteiger partial charge on any atom is 0.137 e. The Morgan fingerprint density at radius 1 is 1.27 bits per heavy atom. The van der Waals surface area contributed by atoms with Crippen LogP contribution in [-0.2, 0) is 6.54 Å². The monoisotopic (exact) mass is 300 g/mol. The molecule has 1 saturated heterocycles. The number of nitrogens with zero attached hydrogens (tertiary/aromatic N) is 4. The van der Waals surface area contributed by atoms with Crippen LogP contribution in [0.3, 0.4) is 0 Å². The van der Waals surface area contributed by atoms with Crippen molar-refractivity contribution in [3.8, 4) is 0 Å². The summed E-state index contributed by atoms with van der Waals surface area (Å²) in [5.74, 6) is 0.791. The van der Waals surface area contributed by atoms with Crippen LogP contribution in [0.25, 0.3) is 5.65 Å². The number of rotatable bonds is 5. The van der Waals surface area contributed by atoms with Crippen LogP contribution in [0, 0.1) is 12.8 Å². The van der Waals surface area contributed by atoms with E-state index in [1.165, 1.54) is 25.1 Å². The first-order valence-corrected chi connectivity index (χ1v) is 8.41. The Morgan fingerprint density at radius 3 is 2.82 bits per heavy atom. The summed E-state index contributed by atoms with van der Waals surface area (Å²) in [5, 5.41) is 0. The second-order valence-corrected chi connectivity index (χ2v) is 6.85. The van der Waals surface area contributed by atoms with Crippen LogP contribution in [0.1, 0.15) is 31.2 Å². The molecule has 0 spiro atoms. The van der Waals surface area contributed by atoms with Gasteiger partial charge in [0.2, 0.25) is 0 Å². The van der Waals surface area contributed by atoms with E-state index >= 15 is 0 Å². The number of pyridine rings is 1. The minimum absolute atomic E-state index is 0.680. The van der Waals surface area contributed by atoms with Crippen molar-refractivity contribution in [2.45, 2.75) is 39.3 Å². The highest BCUT2D eigenvalue weighted by atomic mass is 15.2. The van der Waals surface area contributed by atoms with Gasteiger partial charge in [-0.25, -0.2) is 4.98 Å². The summed E-state index contributed by atoms with van der Waals surface area (Å²) in [6.45, 7) is 7.80. The lowest BCUT2D eigenvalue weighted by Crippen LogP contribution is -2.35. The molecule has 0 bridgehead atoms. The highest BCUT2D eigenvalue weighted by molar-refractivity contribution is 5.42. The summed E-state index contributed by atoms with van der Waals surface area (Å²) in [7, 11) is 4.44. The molecular formula is C18H28N4. The molecule has 2 atom stereocenters. The number of likely N-dealkylation sites (tertiary alicyclic amines) is 1. The SMILES string of the molecule is CCC[C@@H]1CN(Cc2c(C)nc3ccccn23)C[C@H]1N(C)C. The molecule has 0 saturated carbocycles. The quantitative estimate of drug-likeness (QED) is 0.848. The highest BCUT2D eigenvalue weighted by Gasteiger charge is 2.33. The normalized spacial score (nSPS) is 23.0. The molecule has 1 aliphatic heterocycles. The molecule has 0 aromatic carbocycles.